The first-order valence-electron chi connectivity index (χ1n) is 7.24. The van der Waals surface area contributed by atoms with E-state index in [1.54, 1.807) is 7.05 Å². The molecule has 0 aliphatic carbocycles. The van der Waals surface area contributed by atoms with Crippen LogP contribution in [0.15, 0.2) is 17.4 Å². The number of nitrogens with one attached hydrogen (secondary N) is 1. The molecule has 0 radical (unpaired) electrons. The first-order chi connectivity index (χ1) is 9.99. The van der Waals surface area contributed by atoms with Gasteiger partial charge in [-0.15, -0.1) is 24.0 Å². The molecule has 2 heterocycles. The van der Waals surface area contributed by atoms with Gasteiger partial charge in [-0.1, -0.05) is 13.8 Å². The Labute approximate surface area is 147 Å². The van der Waals surface area contributed by atoms with Crippen LogP contribution in [0.2, 0.25) is 0 Å². The van der Waals surface area contributed by atoms with Crippen molar-refractivity contribution < 1.29 is 8.78 Å². The second kappa shape index (κ2) is 8.07. The van der Waals surface area contributed by atoms with Crippen LogP contribution in [-0.4, -0.2) is 40.5 Å². The number of aliphatic imine (C=N–C) groups is 1. The van der Waals surface area contributed by atoms with E-state index < -0.39 is 6.55 Å². The first-order valence-corrected chi connectivity index (χ1v) is 7.24. The van der Waals surface area contributed by atoms with Gasteiger partial charge >= 0.3 is 6.55 Å². The fraction of sp³-hybridized carbons (Fsp3) is 0.714. The molecule has 1 aromatic rings. The minimum atomic E-state index is -2.57. The summed E-state index contributed by atoms with van der Waals surface area (Å²) < 4.78 is 26.4. The van der Waals surface area contributed by atoms with Crippen LogP contribution in [0, 0.1) is 5.41 Å². The van der Waals surface area contributed by atoms with Crippen molar-refractivity contribution in [3.63, 3.8) is 0 Å². The number of aromatic nitrogens is 2. The summed E-state index contributed by atoms with van der Waals surface area (Å²) in [5.41, 5.74) is 0.305. The Hall–Kier alpha value is -0.930. The highest BCUT2D eigenvalue weighted by Crippen LogP contribution is 2.32. The van der Waals surface area contributed by atoms with E-state index in [1.807, 2.05) is 0 Å². The van der Waals surface area contributed by atoms with Gasteiger partial charge in [-0.25, -0.2) is 4.98 Å². The lowest BCUT2D eigenvalue weighted by Gasteiger charge is -2.25. The largest absolute Gasteiger partial charge is 0.349 e. The molecule has 1 saturated heterocycles. The van der Waals surface area contributed by atoms with Crippen LogP contribution < -0.4 is 5.32 Å². The minimum Gasteiger partial charge on any atom is -0.349 e. The van der Waals surface area contributed by atoms with Gasteiger partial charge in [0.1, 0.15) is 5.82 Å². The third-order valence-electron chi connectivity index (χ3n) is 4.29. The number of guanidine groups is 1. The fourth-order valence-electron chi connectivity index (χ4n) is 2.64. The van der Waals surface area contributed by atoms with Crippen LogP contribution in [0.3, 0.4) is 0 Å². The standard InChI is InChI=1S/C14H23F2N5.HI/c1-4-14(2)5-7-20(10-14)13(17-3)19-9-11-18-6-8-21(11)12(15)16;/h6,8,12H,4-5,7,9-10H2,1-3H3,(H,17,19);1H. The molecule has 0 bridgehead atoms. The van der Waals surface area contributed by atoms with Crippen molar-refractivity contribution in [2.45, 2.75) is 39.8 Å². The maximum atomic E-state index is 12.8. The molecule has 1 atom stereocenters. The van der Waals surface area contributed by atoms with Crippen molar-refractivity contribution in [3.8, 4) is 0 Å². The minimum absolute atomic E-state index is 0. The molecule has 0 amide bonds. The molecule has 5 nitrogen and oxygen atoms in total. The van der Waals surface area contributed by atoms with E-state index in [-0.39, 0.29) is 30.5 Å². The van der Waals surface area contributed by atoms with E-state index in [4.69, 9.17) is 0 Å². The third kappa shape index (κ3) is 4.30. The van der Waals surface area contributed by atoms with Gasteiger partial charge in [0, 0.05) is 32.5 Å². The highest BCUT2D eigenvalue weighted by molar-refractivity contribution is 14.0. The van der Waals surface area contributed by atoms with Gasteiger partial charge in [-0.2, -0.15) is 8.78 Å². The van der Waals surface area contributed by atoms with Gasteiger partial charge in [0.05, 0.1) is 6.54 Å². The van der Waals surface area contributed by atoms with E-state index >= 15 is 0 Å². The monoisotopic (exact) mass is 427 g/mol. The zero-order chi connectivity index (χ0) is 15.5. The van der Waals surface area contributed by atoms with Crippen molar-refractivity contribution in [2.75, 3.05) is 20.1 Å². The second-order valence-corrected chi connectivity index (χ2v) is 5.76. The smallest absolute Gasteiger partial charge is 0.319 e. The lowest BCUT2D eigenvalue weighted by atomic mass is 9.87. The summed E-state index contributed by atoms with van der Waals surface area (Å²) >= 11 is 0. The summed E-state index contributed by atoms with van der Waals surface area (Å²) in [6.45, 7) is 4.01. The summed E-state index contributed by atoms with van der Waals surface area (Å²) in [5.74, 6) is 1.06. The molecule has 8 heteroatoms. The Bertz CT molecular complexity index is 505. The number of imidazole rings is 1. The van der Waals surface area contributed by atoms with Gasteiger partial charge in [0.15, 0.2) is 5.96 Å². The summed E-state index contributed by atoms with van der Waals surface area (Å²) in [6, 6.07) is 0. The molecule has 1 fully saturated rings. The summed E-state index contributed by atoms with van der Waals surface area (Å²) in [5, 5.41) is 3.13. The first kappa shape index (κ1) is 19.1. The zero-order valence-corrected chi connectivity index (χ0v) is 15.6. The molecular weight excluding hydrogens is 403 g/mol. The molecule has 126 valence electrons. The van der Waals surface area contributed by atoms with Crippen LogP contribution in [0.1, 0.15) is 39.1 Å². The fourth-order valence-corrected chi connectivity index (χ4v) is 2.64. The lowest BCUT2D eigenvalue weighted by molar-refractivity contribution is 0.0668. The van der Waals surface area contributed by atoms with Crippen LogP contribution >= 0.6 is 24.0 Å². The van der Waals surface area contributed by atoms with Crippen LogP contribution in [-0.2, 0) is 6.54 Å². The molecular formula is C14H24F2IN5. The van der Waals surface area contributed by atoms with Crippen LogP contribution in [0.4, 0.5) is 8.78 Å². The average molecular weight is 427 g/mol. The van der Waals surface area contributed by atoms with E-state index in [9.17, 15) is 8.78 Å². The van der Waals surface area contributed by atoms with Gasteiger partial charge in [0.25, 0.3) is 0 Å². The number of alkyl halides is 2. The molecule has 1 N–H and O–H groups in total. The summed E-state index contributed by atoms with van der Waals surface area (Å²) in [7, 11) is 1.71. The van der Waals surface area contributed by atoms with E-state index in [0.717, 1.165) is 36.5 Å². The molecule has 1 aliphatic heterocycles. The number of likely N-dealkylation sites (tertiary alicyclic amines) is 1. The second-order valence-electron chi connectivity index (χ2n) is 5.76. The molecule has 2 rings (SSSR count). The summed E-state index contributed by atoms with van der Waals surface area (Å²) in [4.78, 5) is 10.4. The Morgan fingerprint density at radius 3 is 2.82 bits per heavy atom. The Morgan fingerprint density at radius 2 is 2.27 bits per heavy atom. The highest BCUT2D eigenvalue weighted by Gasteiger charge is 2.33. The summed E-state index contributed by atoms with van der Waals surface area (Å²) in [6.07, 6.45) is 4.91. The zero-order valence-electron chi connectivity index (χ0n) is 13.2. The topological polar surface area (TPSA) is 45.4 Å². The predicted octanol–water partition coefficient (Wildman–Crippen LogP) is 3.09. The predicted molar refractivity (Wildman–Crippen MR) is 93.7 cm³/mol. The highest BCUT2D eigenvalue weighted by atomic mass is 127. The SMILES string of the molecule is CCC1(C)CCN(C(=NC)NCc2nccn2C(F)F)C1.I. The quantitative estimate of drug-likeness (QED) is 0.457. The van der Waals surface area contributed by atoms with Crippen LogP contribution in [0.25, 0.3) is 0 Å². The Kier molecular flexibility index (Phi) is 7.01. The molecule has 0 saturated carbocycles. The number of halogens is 3. The van der Waals surface area contributed by atoms with E-state index in [2.05, 4.69) is 34.0 Å². The molecule has 1 unspecified atom stereocenters. The van der Waals surface area contributed by atoms with Gasteiger partial charge in [-0.05, 0) is 18.3 Å². The van der Waals surface area contributed by atoms with E-state index in [0.29, 0.717) is 11.2 Å². The van der Waals surface area contributed by atoms with Crippen molar-refractivity contribution in [1.82, 2.24) is 19.8 Å². The number of nitrogens with zero attached hydrogens (tertiary/aromatic N) is 4. The van der Waals surface area contributed by atoms with Gasteiger partial charge in [-0.3, -0.25) is 9.56 Å². The third-order valence-corrected chi connectivity index (χ3v) is 4.29. The molecule has 0 spiro atoms. The number of hydrogen-bond donors (Lipinski definition) is 1. The molecule has 22 heavy (non-hydrogen) atoms. The molecule has 1 aromatic heterocycles. The van der Waals surface area contributed by atoms with Crippen LogP contribution in [0.5, 0.6) is 0 Å². The van der Waals surface area contributed by atoms with Gasteiger partial charge in [0.2, 0.25) is 0 Å². The Morgan fingerprint density at radius 1 is 1.55 bits per heavy atom. The maximum Gasteiger partial charge on any atom is 0.319 e. The van der Waals surface area contributed by atoms with Crippen molar-refractivity contribution in [2.24, 2.45) is 10.4 Å². The Balaban J connectivity index is 0.00000242. The van der Waals surface area contributed by atoms with Gasteiger partial charge < -0.3 is 10.2 Å². The molecule has 0 aromatic carbocycles. The van der Waals surface area contributed by atoms with Crippen molar-refractivity contribution >= 4 is 29.9 Å². The van der Waals surface area contributed by atoms with Crippen molar-refractivity contribution in [1.29, 1.82) is 0 Å². The number of hydrogen-bond acceptors (Lipinski definition) is 2. The van der Waals surface area contributed by atoms with Crippen molar-refractivity contribution in [3.05, 3.63) is 18.2 Å². The molecule has 1 aliphatic rings. The van der Waals surface area contributed by atoms with E-state index in [1.165, 1.54) is 12.4 Å². The number of rotatable bonds is 4. The average Bonchev–Trinajstić information content (AvgIpc) is 3.07. The normalized spacial score (nSPS) is 22.1. The lowest BCUT2D eigenvalue weighted by Crippen LogP contribution is -2.41. The maximum absolute atomic E-state index is 12.8.